The van der Waals surface area contributed by atoms with Crippen molar-refractivity contribution in [3.05, 3.63) is 0 Å². The molecule has 1 atom stereocenters. The molecule has 13 heavy (non-hydrogen) atoms. The lowest BCUT2D eigenvalue weighted by molar-refractivity contribution is -0.121. The van der Waals surface area contributed by atoms with Crippen molar-refractivity contribution in [2.75, 3.05) is 18.8 Å². The average Bonchev–Trinajstić information content (AvgIpc) is 2.16. The number of rotatable bonds is 6. The number of nitrogens with zero attached hydrogens (tertiary/aromatic N) is 2. The highest BCUT2D eigenvalue weighted by Gasteiger charge is 2.09. The van der Waals surface area contributed by atoms with Gasteiger partial charge >= 0.3 is 0 Å². The summed E-state index contributed by atoms with van der Waals surface area (Å²) in [6, 6.07) is -0.555. The van der Waals surface area contributed by atoms with Gasteiger partial charge < -0.3 is 11.1 Å². The van der Waals surface area contributed by atoms with Crippen LogP contribution >= 0.6 is 12.6 Å². The molecule has 0 rings (SSSR count). The van der Waals surface area contributed by atoms with Crippen molar-refractivity contribution < 1.29 is 4.79 Å². The van der Waals surface area contributed by atoms with E-state index in [4.69, 9.17) is 11.3 Å². The van der Waals surface area contributed by atoms with Crippen LogP contribution in [0.3, 0.4) is 0 Å². The molecule has 1 amide bonds. The van der Waals surface area contributed by atoms with Crippen molar-refractivity contribution in [3.63, 3.8) is 0 Å². The molecule has 74 valence electrons. The minimum atomic E-state index is -0.555. The number of carbonyl (C=O) groups is 1. The molecule has 0 aliphatic carbocycles. The molecule has 0 saturated carbocycles. The van der Waals surface area contributed by atoms with E-state index in [0.717, 1.165) is 0 Å². The number of nitrogens with one attached hydrogen (secondary N) is 2. The average molecular weight is 204 g/mol. The van der Waals surface area contributed by atoms with Crippen molar-refractivity contribution in [2.45, 2.75) is 12.5 Å². The molecule has 4 N–H and O–H groups in total. The molecule has 0 aromatic rings. The van der Waals surface area contributed by atoms with E-state index in [1.807, 2.05) is 0 Å². The van der Waals surface area contributed by atoms with Crippen molar-refractivity contribution >= 4 is 18.5 Å². The van der Waals surface area contributed by atoms with Crippen LogP contribution in [0.5, 0.6) is 0 Å². The first-order valence-electron chi connectivity index (χ1n) is 3.89. The molecule has 1 unspecified atom stereocenters. The Hall–Kier alpha value is -0.910. The lowest BCUT2D eigenvalue weighted by Crippen LogP contribution is -2.42. The summed E-state index contributed by atoms with van der Waals surface area (Å²) in [6.45, 7) is 0.944. The van der Waals surface area contributed by atoms with Gasteiger partial charge in [0.2, 0.25) is 10.8 Å². The summed E-state index contributed by atoms with van der Waals surface area (Å²) in [6.07, 6.45) is 0.660. The van der Waals surface area contributed by atoms with Crippen LogP contribution in [0.2, 0.25) is 0 Å². The van der Waals surface area contributed by atoms with Gasteiger partial charge in [-0.05, 0) is 6.42 Å². The third kappa shape index (κ3) is 6.27. The molecule has 0 aromatic carbocycles. The Morgan fingerprint density at radius 1 is 1.77 bits per heavy atom. The number of nitrogens with two attached hydrogens (primary N) is 1. The van der Waals surface area contributed by atoms with Crippen LogP contribution in [0.15, 0.2) is 5.11 Å². The molecule has 6 nitrogen and oxygen atoms in total. The number of carbonyl (C=O) groups excluding carboxylic acids is 1. The van der Waals surface area contributed by atoms with E-state index in [-0.39, 0.29) is 5.91 Å². The minimum absolute atomic E-state index is 0.210. The van der Waals surface area contributed by atoms with Crippen LogP contribution in [0.1, 0.15) is 6.42 Å². The van der Waals surface area contributed by atoms with Crippen LogP contribution in [-0.2, 0) is 4.79 Å². The zero-order valence-corrected chi connectivity index (χ0v) is 8.13. The maximum absolute atomic E-state index is 11.0. The molecule has 0 heterocycles. The highest BCUT2D eigenvalue weighted by molar-refractivity contribution is 7.80. The Bertz CT molecular complexity index is 203. The first-order valence-corrected chi connectivity index (χ1v) is 4.53. The number of thiol groups is 1. The molecule has 0 radical (unpaired) electrons. The van der Waals surface area contributed by atoms with E-state index in [0.29, 0.717) is 25.3 Å². The summed E-state index contributed by atoms with van der Waals surface area (Å²) in [4.78, 5) is 13.9. The summed E-state index contributed by atoms with van der Waals surface area (Å²) < 4.78 is 0. The molecule has 0 aliphatic rings. The zero-order valence-electron chi connectivity index (χ0n) is 7.23. The maximum Gasteiger partial charge on any atom is 0.237 e. The predicted molar refractivity (Wildman–Crippen MR) is 51.6 cm³/mol. The number of hydrogen-bond acceptors (Lipinski definition) is 5. The van der Waals surface area contributed by atoms with Gasteiger partial charge in [0.1, 0.15) is 17.2 Å². The second-order valence-electron chi connectivity index (χ2n) is 2.40. The summed E-state index contributed by atoms with van der Waals surface area (Å²) in [5.41, 5.74) is 11.8. The van der Waals surface area contributed by atoms with Crippen molar-refractivity contribution in [2.24, 2.45) is 10.8 Å². The Kier molecular flexibility index (Phi) is 7.18. The first-order chi connectivity index (χ1) is 6.22. The van der Waals surface area contributed by atoms with E-state index in [1.54, 1.807) is 0 Å². The highest BCUT2D eigenvalue weighted by atomic mass is 32.1. The van der Waals surface area contributed by atoms with E-state index in [2.05, 4.69) is 28.0 Å². The van der Waals surface area contributed by atoms with E-state index in [9.17, 15) is 4.79 Å². The van der Waals surface area contributed by atoms with Crippen molar-refractivity contribution in [1.29, 1.82) is 5.53 Å². The lowest BCUT2D eigenvalue weighted by atomic mass is 10.3. The Morgan fingerprint density at radius 3 is 3.00 bits per heavy atom. The van der Waals surface area contributed by atoms with Crippen molar-refractivity contribution in [3.8, 4) is 0 Å². The largest absolute Gasteiger partial charge is 0.355 e. The van der Waals surface area contributed by atoms with Gasteiger partial charge in [-0.25, -0.2) is 0 Å². The molecular formula is C6H14N5OS+. The highest BCUT2D eigenvalue weighted by Crippen LogP contribution is 1.84. The summed E-state index contributed by atoms with van der Waals surface area (Å²) in [5.74, 6) is 0.121. The van der Waals surface area contributed by atoms with Gasteiger partial charge in [0.05, 0.1) is 6.04 Å². The lowest BCUT2D eigenvalue weighted by Gasteiger charge is -2.07. The molecule has 0 aromatic heterocycles. The molecule has 0 bridgehead atoms. The second kappa shape index (κ2) is 7.72. The molecular weight excluding hydrogens is 190 g/mol. The normalized spacial score (nSPS) is 11.5. The van der Waals surface area contributed by atoms with E-state index in [1.165, 1.54) is 0 Å². The minimum Gasteiger partial charge on any atom is -0.355 e. The molecule has 0 fully saturated rings. The Labute approximate surface area is 81.9 Å². The standard InChI is InChI=1S/C6H13N5OS/c7-5(4-13)6(12)9-2-1-3-10-11-8/h5,8H,1-4,7H2,(H-,9,12,13)/p+1. The molecule has 7 heteroatoms. The predicted octanol–water partition coefficient (Wildman–Crippen LogP) is -0.700. The fourth-order valence-electron chi connectivity index (χ4n) is 0.625. The number of hydrogen-bond donors (Lipinski definition) is 4. The van der Waals surface area contributed by atoms with E-state index >= 15 is 0 Å². The summed E-state index contributed by atoms with van der Waals surface area (Å²) >= 11 is 3.89. The van der Waals surface area contributed by atoms with Crippen LogP contribution < -0.4 is 16.0 Å². The summed E-state index contributed by atoms with van der Waals surface area (Å²) in [7, 11) is 0. The van der Waals surface area contributed by atoms with E-state index < -0.39 is 6.04 Å². The quantitative estimate of drug-likeness (QED) is 0.199. The van der Waals surface area contributed by atoms with Gasteiger partial charge in [0, 0.05) is 12.3 Å². The molecule has 0 aliphatic heterocycles. The van der Waals surface area contributed by atoms with Gasteiger partial charge in [0.15, 0.2) is 0 Å². The van der Waals surface area contributed by atoms with Crippen LogP contribution in [-0.4, -0.2) is 30.8 Å². The first kappa shape index (κ1) is 12.1. The smallest absolute Gasteiger partial charge is 0.237 e. The fourth-order valence-corrected chi connectivity index (χ4v) is 0.791. The Balaban J connectivity index is 3.42. The van der Waals surface area contributed by atoms with Gasteiger partial charge in [-0.3, -0.25) is 4.79 Å². The van der Waals surface area contributed by atoms with Gasteiger partial charge in [-0.2, -0.15) is 12.6 Å². The number of amides is 1. The summed E-state index contributed by atoms with van der Waals surface area (Å²) in [5, 5.41) is 6.04. The van der Waals surface area contributed by atoms with Gasteiger partial charge in [0.25, 0.3) is 0 Å². The van der Waals surface area contributed by atoms with Gasteiger partial charge in [-0.15, -0.1) is 0 Å². The molecule has 0 spiro atoms. The SMILES string of the molecule is N=[N+]=NCCCNC(=O)C(N)CS. The third-order valence-electron chi connectivity index (χ3n) is 1.34. The fraction of sp³-hybridized carbons (Fsp3) is 0.833. The van der Waals surface area contributed by atoms with Crippen LogP contribution in [0.25, 0.3) is 0 Å². The van der Waals surface area contributed by atoms with Gasteiger partial charge in [-0.1, -0.05) is 0 Å². The third-order valence-corrected chi connectivity index (χ3v) is 1.73. The topological polar surface area (TPSA) is 105 Å². The van der Waals surface area contributed by atoms with Crippen LogP contribution in [0.4, 0.5) is 0 Å². The Morgan fingerprint density at radius 2 is 2.46 bits per heavy atom. The van der Waals surface area contributed by atoms with Crippen LogP contribution in [0, 0.1) is 5.53 Å². The van der Waals surface area contributed by atoms with Crippen molar-refractivity contribution in [1.82, 2.24) is 10.2 Å². The zero-order chi connectivity index (χ0) is 10.1. The second-order valence-corrected chi connectivity index (χ2v) is 2.76. The molecule has 0 saturated heterocycles. The maximum atomic E-state index is 11.0. The monoisotopic (exact) mass is 204 g/mol.